The van der Waals surface area contributed by atoms with E-state index in [0.29, 0.717) is 21.6 Å². The highest BCUT2D eigenvalue weighted by Gasteiger charge is 2.69. The lowest BCUT2D eigenvalue weighted by atomic mass is 9.70. The Bertz CT molecular complexity index is 398. The molecular formula is C17H33OSSi+. The number of hydrogen-bond donors (Lipinski definition) is 1. The maximum absolute atomic E-state index is 10.9. The second-order valence-corrected chi connectivity index (χ2v) is 16.1. The third kappa shape index (κ3) is 2.54. The number of fused-ring (bicyclic) bond motifs is 2. The summed E-state index contributed by atoms with van der Waals surface area (Å²) in [5.74, 6) is 1.88. The van der Waals surface area contributed by atoms with Crippen LogP contribution in [0.5, 0.6) is 0 Å². The summed E-state index contributed by atoms with van der Waals surface area (Å²) in [6.07, 6.45) is 7.22. The van der Waals surface area contributed by atoms with E-state index < -0.39 is 8.07 Å². The first-order valence-electron chi connectivity index (χ1n) is 7.98. The SMILES string of the molecule is C[S+](C/C=C/[Si](C)(C)C)[C@H]1[C@H]2CC[C@@](C)([C@H]1O)C2(C)C. The molecule has 2 fully saturated rings. The van der Waals surface area contributed by atoms with Gasteiger partial charge < -0.3 is 5.11 Å². The highest BCUT2D eigenvalue weighted by atomic mass is 32.2. The van der Waals surface area contributed by atoms with Crippen LogP contribution in [-0.4, -0.2) is 36.5 Å². The largest absolute Gasteiger partial charge is 0.387 e. The van der Waals surface area contributed by atoms with Gasteiger partial charge in [0.05, 0.1) is 14.3 Å². The highest BCUT2D eigenvalue weighted by molar-refractivity contribution is 7.97. The molecule has 0 saturated heterocycles. The fourth-order valence-electron chi connectivity index (χ4n) is 4.41. The molecule has 2 aliphatic carbocycles. The van der Waals surface area contributed by atoms with Crippen LogP contribution in [0.15, 0.2) is 11.8 Å². The highest BCUT2D eigenvalue weighted by Crippen LogP contribution is 2.66. The number of hydrogen-bond acceptors (Lipinski definition) is 1. The van der Waals surface area contributed by atoms with Crippen molar-refractivity contribution in [3.63, 3.8) is 0 Å². The van der Waals surface area contributed by atoms with E-state index in [2.05, 4.69) is 58.4 Å². The molecule has 0 heterocycles. The molecule has 0 aliphatic heterocycles. The molecule has 2 rings (SSSR count). The average molecular weight is 314 g/mol. The first kappa shape index (κ1) is 16.6. The second-order valence-electron chi connectivity index (χ2n) is 8.82. The predicted molar refractivity (Wildman–Crippen MR) is 95.0 cm³/mol. The van der Waals surface area contributed by atoms with Crippen molar-refractivity contribution in [2.75, 3.05) is 12.0 Å². The van der Waals surface area contributed by atoms with Crippen molar-refractivity contribution in [2.24, 2.45) is 16.7 Å². The zero-order chi connectivity index (χ0) is 15.3. The van der Waals surface area contributed by atoms with Crippen LogP contribution >= 0.6 is 0 Å². The van der Waals surface area contributed by atoms with Gasteiger partial charge in [0.1, 0.15) is 17.1 Å². The van der Waals surface area contributed by atoms with Gasteiger partial charge in [-0.15, -0.1) is 0 Å². The van der Waals surface area contributed by atoms with Crippen LogP contribution in [-0.2, 0) is 10.9 Å². The molecule has 3 heteroatoms. The summed E-state index contributed by atoms with van der Waals surface area (Å²) < 4.78 is 0. The van der Waals surface area contributed by atoms with Gasteiger partial charge in [-0.25, -0.2) is 0 Å². The first-order valence-corrected chi connectivity index (χ1v) is 13.4. The van der Waals surface area contributed by atoms with Crippen LogP contribution < -0.4 is 0 Å². The monoisotopic (exact) mass is 313 g/mol. The van der Waals surface area contributed by atoms with Crippen LogP contribution in [0, 0.1) is 16.7 Å². The van der Waals surface area contributed by atoms with Crippen LogP contribution in [0.4, 0.5) is 0 Å². The molecule has 0 amide bonds. The number of rotatable bonds is 4. The standard InChI is InChI=1S/C17H33OSSi/c1-16(2)13-9-10-17(16,3)15(18)14(13)19(4)11-8-12-20(5,6)7/h8,12-15,18H,9-11H2,1-7H3/q+1/b12-8+/t13-,14+,15+,17+,19?/m1/s1. The van der Waals surface area contributed by atoms with E-state index in [1.165, 1.54) is 12.8 Å². The van der Waals surface area contributed by atoms with Crippen LogP contribution in [0.25, 0.3) is 0 Å². The van der Waals surface area contributed by atoms with Gasteiger partial charge in [0, 0.05) is 11.3 Å². The Balaban J connectivity index is 2.09. The summed E-state index contributed by atoms with van der Waals surface area (Å²) in [6.45, 7) is 14.3. The quantitative estimate of drug-likeness (QED) is 0.617. The Morgan fingerprint density at radius 3 is 2.30 bits per heavy atom. The molecule has 116 valence electrons. The van der Waals surface area contributed by atoms with E-state index >= 15 is 0 Å². The zero-order valence-corrected chi connectivity index (χ0v) is 16.2. The summed E-state index contributed by atoms with van der Waals surface area (Å²) in [4.78, 5) is 0. The van der Waals surface area contributed by atoms with Crippen molar-refractivity contribution in [2.45, 2.75) is 64.6 Å². The smallest absolute Gasteiger partial charge is 0.147 e. The molecule has 0 aromatic rings. The van der Waals surface area contributed by atoms with Gasteiger partial charge >= 0.3 is 0 Å². The Morgan fingerprint density at radius 2 is 1.85 bits per heavy atom. The van der Waals surface area contributed by atoms with Crippen LogP contribution in [0.3, 0.4) is 0 Å². The molecule has 2 saturated carbocycles. The molecule has 0 aromatic heterocycles. The van der Waals surface area contributed by atoms with E-state index in [1.54, 1.807) is 0 Å². The molecule has 1 nitrogen and oxygen atoms in total. The maximum Gasteiger partial charge on any atom is 0.147 e. The van der Waals surface area contributed by atoms with Gasteiger partial charge in [-0.3, -0.25) is 0 Å². The van der Waals surface area contributed by atoms with E-state index in [-0.39, 0.29) is 11.5 Å². The third-order valence-corrected chi connectivity index (χ3v) is 9.65. The van der Waals surface area contributed by atoms with Crippen molar-refractivity contribution >= 4 is 19.0 Å². The van der Waals surface area contributed by atoms with Crippen molar-refractivity contribution in [1.29, 1.82) is 0 Å². The lowest BCUT2D eigenvalue weighted by molar-refractivity contribution is 0.0145. The van der Waals surface area contributed by atoms with Gasteiger partial charge in [-0.1, -0.05) is 46.1 Å². The Kier molecular flexibility index (Phi) is 4.30. The van der Waals surface area contributed by atoms with Gasteiger partial charge in [0.2, 0.25) is 0 Å². The van der Waals surface area contributed by atoms with Crippen molar-refractivity contribution < 1.29 is 5.11 Å². The van der Waals surface area contributed by atoms with Gasteiger partial charge in [0.25, 0.3) is 0 Å². The Morgan fingerprint density at radius 1 is 1.25 bits per heavy atom. The topological polar surface area (TPSA) is 20.2 Å². The van der Waals surface area contributed by atoms with Crippen molar-refractivity contribution in [1.82, 2.24) is 0 Å². The van der Waals surface area contributed by atoms with Crippen LogP contribution in [0.2, 0.25) is 19.6 Å². The predicted octanol–water partition coefficient (Wildman–Crippen LogP) is 3.85. The molecule has 2 bridgehead atoms. The minimum atomic E-state index is -1.08. The molecular weight excluding hydrogens is 280 g/mol. The van der Waals surface area contributed by atoms with E-state index in [1.807, 2.05) is 0 Å². The van der Waals surface area contributed by atoms with Crippen molar-refractivity contribution in [3.8, 4) is 0 Å². The van der Waals surface area contributed by atoms with Gasteiger partial charge in [0.15, 0.2) is 0 Å². The summed E-state index contributed by atoms with van der Waals surface area (Å²) in [7, 11) is -0.776. The van der Waals surface area contributed by atoms with E-state index in [9.17, 15) is 5.11 Å². The minimum absolute atomic E-state index is 0.0927. The number of aliphatic hydroxyl groups excluding tert-OH is 1. The molecule has 2 aliphatic rings. The molecule has 0 radical (unpaired) electrons. The molecule has 20 heavy (non-hydrogen) atoms. The first-order chi connectivity index (χ1) is 9.01. The normalized spacial score (nSPS) is 41.5. The lowest BCUT2D eigenvalue weighted by Crippen LogP contribution is -2.43. The summed E-state index contributed by atoms with van der Waals surface area (Å²) in [5.41, 5.74) is 2.91. The third-order valence-electron chi connectivity index (χ3n) is 6.18. The minimum Gasteiger partial charge on any atom is -0.387 e. The molecule has 5 atom stereocenters. The fourth-order valence-corrected chi connectivity index (χ4v) is 7.81. The molecule has 0 aromatic carbocycles. The van der Waals surface area contributed by atoms with E-state index in [4.69, 9.17) is 0 Å². The summed E-state index contributed by atoms with van der Waals surface area (Å²) >= 11 is 0. The zero-order valence-electron chi connectivity index (χ0n) is 14.4. The second kappa shape index (κ2) is 5.17. The summed E-state index contributed by atoms with van der Waals surface area (Å²) in [6, 6.07) is 0. The van der Waals surface area contributed by atoms with Gasteiger partial charge in [-0.2, -0.15) is 0 Å². The Hall–Kier alpha value is 0.267. The van der Waals surface area contributed by atoms with Crippen molar-refractivity contribution in [3.05, 3.63) is 11.8 Å². The fraction of sp³-hybridized carbons (Fsp3) is 0.882. The molecule has 1 unspecified atom stereocenters. The van der Waals surface area contributed by atoms with Gasteiger partial charge in [-0.05, 0) is 35.2 Å². The maximum atomic E-state index is 10.9. The summed E-state index contributed by atoms with van der Waals surface area (Å²) in [5, 5.41) is 11.4. The van der Waals surface area contributed by atoms with E-state index in [0.717, 1.165) is 11.7 Å². The Labute approximate surface area is 129 Å². The lowest BCUT2D eigenvalue weighted by Gasteiger charge is -2.36. The number of aliphatic hydroxyl groups is 1. The van der Waals surface area contributed by atoms with Crippen LogP contribution in [0.1, 0.15) is 33.6 Å². The molecule has 1 N–H and O–H groups in total. The molecule has 0 spiro atoms. The average Bonchev–Trinajstić information content (AvgIpc) is 2.59.